The second kappa shape index (κ2) is 9.64. The van der Waals surface area contributed by atoms with Gasteiger partial charge in [-0.3, -0.25) is 10.1 Å². The third-order valence-electron chi connectivity index (χ3n) is 3.56. The minimum atomic E-state index is -2.00. The van der Waals surface area contributed by atoms with Crippen molar-refractivity contribution in [3.63, 3.8) is 0 Å². The van der Waals surface area contributed by atoms with Crippen molar-refractivity contribution in [2.45, 2.75) is 43.1 Å². The van der Waals surface area contributed by atoms with Crippen LogP contribution in [0.5, 0.6) is 0 Å². The SMILES string of the molecule is O=C(O)[C@H](Cc1ccccc1)NC(O)[C@H](O)[C@@H](O)[C@H](O)[C@H](O)CO. The van der Waals surface area contributed by atoms with E-state index in [1.807, 2.05) is 0 Å². The first-order valence-electron chi connectivity index (χ1n) is 7.32. The third-order valence-corrected chi connectivity index (χ3v) is 3.56. The van der Waals surface area contributed by atoms with Crippen molar-refractivity contribution in [1.29, 1.82) is 0 Å². The van der Waals surface area contributed by atoms with E-state index in [0.717, 1.165) is 0 Å². The first kappa shape index (κ1) is 20.5. The summed E-state index contributed by atoms with van der Waals surface area (Å²) in [5.41, 5.74) is 0.676. The molecule has 0 aliphatic heterocycles. The van der Waals surface area contributed by atoms with Crippen molar-refractivity contribution in [3.8, 4) is 0 Å². The smallest absolute Gasteiger partial charge is 0.321 e. The van der Waals surface area contributed by atoms with Crippen LogP contribution in [0, 0.1) is 0 Å². The van der Waals surface area contributed by atoms with Gasteiger partial charge < -0.3 is 35.7 Å². The number of aliphatic carboxylic acids is 1. The third kappa shape index (κ3) is 5.80. The standard InChI is InChI=1S/C15H23NO8/c17-7-10(18)11(19)12(20)13(21)14(22)16-9(15(23)24)6-8-4-2-1-3-5-8/h1-5,9-14,16-22H,6-7H2,(H,23,24)/t9-,10+,11+,12-,13+,14?/m0/s1. The molecule has 136 valence electrons. The van der Waals surface area contributed by atoms with E-state index in [1.165, 1.54) is 0 Å². The zero-order valence-corrected chi connectivity index (χ0v) is 12.8. The Morgan fingerprint density at radius 3 is 2.04 bits per heavy atom. The summed E-state index contributed by atoms with van der Waals surface area (Å²) in [4.78, 5) is 11.3. The second-order valence-corrected chi connectivity index (χ2v) is 5.41. The molecule has 1 unspecified atom stereocenters. The van der Waals surface area contributed by atoms with Crippen LogP contribution in [0.1, 0.15) is 5.56 Å². The van der Waals surface area contributed by atoms with Gasteiger partial charge in [0.15, 0.2) is 0 Å². The molecule has 9 heteroatoms. The predicted molar refractivity (Wildman–Crippen MR) is 81.8 cm³/mol. The highest BCUT2D eigenvalue weighted by Gasteiger charge is 2.35. The summed E-state index contributed by atoms with van der Waals surface area (Å²) in [6, 6.07) is 7.32. The number of hydrogen-bond donors (Lipinski definition) is 8. The Kier molecular flexibility index (Phi) is 8.22. The van der Waals surface area contributed by atoms with Crippen LogP contribution in [0.2, 0.25) is 0 Å². The molecule has 1 aromatic carbocycles. The van der Waals surface area contributed by atoms with Gasteiger partial charge in [0.2, 0.25) is 0 Å². The fourth-order valence-corrected chi connectivity index (χ4v) is 2.10. The van der Waals surface area contributed by atoms with Crippen LogP contribution in [-0.2, 0) is 11.2 Å². The summed E-state index contributed by atoms with van der Waals surface area (Å²) in [6.45, 7) is -0.861. The van der Waals surface area contributed by atoms with E-state index in [-0.39, 0.29) is 6.42 Å². The molecule has 0 amide bonds. The van der Waals surface area contributed by atoms with Crippen molar-refractivity contribution in [2.75, 3.05) is 6.61 Å². The van der Waals surface area contributed by atoms with Crippen molar-refractivity contribution in [1.82, 2.24) is 5.32 Å². The van der Waals surface area contributed by atoms with Crippen LogP contribution < -0.4 is 5.32 Å². The van der Waals surface area contributed by atoms with E-state index in [0.29, 0.717) is 5.56 Å². The monoisotopic (exact) mass is 345 g/mol. The number of carboxylic acids is 1. The number of hydrogen-bond acceptors (Lipinski definition) is 8. The summed E-state index contributed by atoms with van der Waals surface area (Å²) >= 11 is 0. The van der Waals surface area contributed by atoms with E-state index >= 15 is 0 Å². The van der Waals surface area contributed by atoms with Crippen LogP contribution in [0.3, 0.4) is 0 Å². The van der Waals surface area contributed by atoms with E-state index in [9.17, 15) is 35.4 Å². The Morgan fingerprint density at radius 2 is 1.54 bits per heavy atom. The summed E-state index contributed by atoms with van der Waals surface area (Å²) in [6.07, 6.45) is -9.50. The predicted octanol–water partition coefficient (Wildman–Crippen LogP) is -2.97. The zero-order chi connectivity index (χ0) is 18.3. The molecule has 0 bridgehead atoms. The maximum Gasteiger partial charge on any atom is 0.321 e. The van der Waals surface area contributed by atoms with E-state index < -0.39 is 49.3 Å². The first-order valence-corrected chi connectivity index (χ1v) is 7.32. The zero-order valence-electron chi connectivity index (χ0n) is 12.8. The molecule has 0 heterocycles. The quantitative estimate of drug-likeness (QED) is 0.206. The number of aliphatic hydroxyl groups is 6. The van der Waals surface area contributed by atoms with Crippen LogP contribution in [0.15, 0.2) is 30.3 Å². The molecule has 0 saturated carbocycles. The van der Waals surface area contributed by atoms with Gasteiger partial charge in [-0.2, -0.15) is 0 Å². The minimum Gasteiger partial charge on any atom is -0.480 e. The topological polar surface area (TPSA) is 171 Å². The van der Waals surface area contributed by atoms with Gasteiger partial charge in [0, 0.05) is 0 Å². The number of nitrogens with one attached hydrogen (secondary N) is 1. The normalized spacial score (nSPS) is 19.1. The van der Waals surface area contributed by atoms with Gasteiger partial charge in [0.05, 0.1) is 6.61 Å². The molecule has 8 N–H and O–H groups in total. The number of rotatable bonds is 10. The molecule has 0 saturated heterocycles. The Morgan fingerprint density at radius 1 is 0.958 bits per heavy atom. The maximum atomic E-state index is 11.3. The van der Waals surface area contributed by atoms with E-state index in [1.54, 1.807) is 30.3 Å². The molecule has 1 aromatic rings. The summed E-state index contributed by atoms with van der Waals surface area (Å²) in [5.74, 6) is -1.28. The van der Waals surface area contributed by atoms with Gasteiger partial charge in [-0.05, 0) is 12.0 Å². The largest absolute Gasteiger partial charge is 0.480 e. The fourth-order valence-electron chi connectivity index (χ4n) is 2.10. The molecule has 0 radical (unpaired) electrons. The van der Waals surface area contributed by atoms with Crippen LogP contribution in [-0.4, -0.2) is 85.0 Å². The van der Waals surface area contributed by atoms with E-state index in [4.69, 9.17) is 5.11 Å². The molecule has 0 spiro atoms. The minimum absolute atomic E-state index is 0.0118. The van der Waals surface area contributed by atoms with Gasteiger partial charge in [0.25, 0.3) is 0 Å². The van der Waals surface area contributed by atoms with Crippen molar-refractivity contribution in [2.24, 2.45) is 0 Å². The van der Waals surface area contributed by atoms with Crippen LogP contribution >= 0.6 is 0 Å². The van der Waals surface area contributed by atoms with Gasteiger partial charge in [-0.1, -0.05) is 30.3 Å². The van der Waals surface area contributed by atoms with Gasteiger partial charge in [-0.25, -0.2) is 0 Å². The molecule has 6 atom stereocenters. The van der Waals surface area contributed by atoms with Gasteiger partial charge in [-0.15, -0.1) is 0 Å². The lowest BCUT2D eigenvalue weighted by Gasteiger charge is -2.30. The van der Waals surface area contributed by atoms with Gasteiger partial charge in [0.1, 0.15) is 36.7 Å². The molecule has 9 nitrogen and oxygen atoms in total. The first-order chi connectivity index (χ1) is 11.3. The number of carboxylic acid groups (broad SMARTS) is 1. The highest BCUT2D eigenvalue weighted by Crippen LogP contribution is 2.10. The summed E-state index contributed by atoms with van der Waals surface area (Å²) in [7, 11) is 0. The number of aliphatic hydroxyl groups excluding tert-OH is 6. The fraction of sp³-hybridized carbons (Fsp3) is 0.533. The Balaban J connectivity index is 2.70. The van der Waals surface area contributed by atoms with Gasteiger partial charge >= 0.3 is 5.97 Å². The highest BCUT2D eigenvalue weighted by atomic mass is 16.4. The average Bonchev–Trinajstić information content (AvgIpc) is 2.59. The van der Waals surface area contributed by atoms with Crippen molar-refractivity contribution < 1.29 is 40.5 Å². The molecule has 1 rings (SSSR count). The Labute approximate surface area is 138 Å². The summed E-state index contributed by atoms with van der Waals surface area (Å²) < 4.78 is 0. The molecule has 0 aliphatic carbocycles. The van der Waals surface area contributed by atoms with E-state index in [2.05, 4.69) is 5.32 Å². The summed E-state index contributed by atoms with van der Waals surface area (Å²) in [5, 5.41) is 68.2. The second-order valence-electron chi connectivity index (χ2n) is 5.41. The molecular formula is C15H23NO8. The lowest BCUT2D eigenvalue weighted by atomic mass is 10.0. The Hall–Kier alpha value is -1.59. The van der Waals surface area contributed by atoms with Crippen LogP contribution in [0.4, 0.5) is 0 Å². The molecule has 0 aromatic heterocycles. The van der Waals surface area contributed by atoms with Crippen LogP contribution in [0.25, 0.3) is 0 Å². The number of carbonyl (C=O) groups is 1. The average molecular weight is 345 g/mol. The lowest BCUT2D eigenvalue weighted by Crippen LogP contribution is -2.57. The van der Waals surface area contributed by atoms with Crippen molar-refractivity contribution in [3.05, 3.63) is 35.9 Å². The molecule has 0 aliphatic rings. The maximum absolute atomic E-state index is 11.3. The lowest BCUT2D eigenvalue weighted by molar-refractivity contribution is -0.153. The molecular weight excluding hydrogens is 322 g/mol. The highest BCUT2D eigenvalue weighted by molar-refractivity contribution is 5.73. The van der Waals surface area contributed by atoms with Crippen molar-refractivity contribution >= 4 is 5.97 Å². The molecule has 24 heavy (non-hydrogen) atoms. The number of benzene rings is 1. The molecule has 0 fully saturated rings. The Bertz CT molecular complexity index is 500.